The zero-order valence-corrected chi connectivity index (χ0v) is 12.1. The van der Waals surface area contributed by atoms with Crippen molar-refractivity contribution in [1.29, 1.82) is 0 Å². The van der Waals surface area contributed by atoms with Crippen molar-refractivity contribution in [2.45, 2.75) is 25.9 Å². The molecule has 2 unspecified atom stereocenters. The van der Waals surface area contributed by atoms with Crippen molar-refractivity contribution in [3.8, 4) is 0 Å². The van der Waals surface area contributed by atoms with Crippen LogP contribution in [0.1, 0.15) is 20.3 Å². The van der Waals surface area contributed by atoms with Crippen LogP contribution >= 0.6 is 7.14 Å². The smallest absolute Gasteiger partial charge is 0.119 e. The molecule has 1 saturated carbocycles. The maximum absolute atomic E-state index is 13.4. The van der Waals surface area contributed by atoms with Crippen molar-refractivity contribution < 1.29 is 4.57 Å². The molecule has 1 saturated heterocycles. The van der Waals surface area contributed by atoms with Crippen LogP contribution in [-0.2, 0) is 4.57 Å². The van der Waals surface area contributed by atoms with Crippen LogP contribution in [0.5, 0.6) is 0 Å². The molecule has 1 aliphatic carbocycles. The quantitative estimate of drug-likeness (QED) is 0.582. The van der Waals surface area contributed by atoms with Gasteiger partial charge in [-0.1, -0.05) is 49.4 Å². The summed E-state index contributed by atoms with van der Waals surface area (Å²) in [7, 11) is -2.16. The Morgan fingerprint density at radius 3 is 2.50 bits per heavy atom. The largest absolute Gasteiger partial charge is 0.318 e. The van der Waals surface area contributed by atoms with E-state index in [1.165, 1.54) is 5.57 Å². The molecule has 0 amide bonds. The number of fused-ring (bicyclic) bond motifs is 2. The fourth-order valence-electron chi connectivity index (χ4n) is 4.14. The van der Waals surface area contributed by atoms with Crippen molar-refractivity contribution in [2.24, 2.45) is 17.8 Å². The van der Waals surface area contributed by atoms with Gasteiger partial charge in [0, 0.05) is 17.1 Å². The summed E-state index contributed by atoms with van der Waals surface area (Å²) in [6.07, 6.45) is 1.99. The van der Waals surface area contributed by atoms with Crippen molar-refractivity contribution in [2.75, 3.05) is 6.16 Å². The third-order valence-electron chi connectivity index (χ3n) is 5.14. The predicted molar refractivity (Wildman–Crippen MR) is 77.9 cm³/mol. The Bertz CT molecular complexity index is 519. The third kappa shape index (κ3) is 1.57. The monoisotopic (exact) mass is 260 g/mol. The average Bonchev–Trinajstić information content (AvgIpc) is 2.81. The fourth-order valence-corrected chi connectivity index (χ4v) is 8.44. The molecule has 1 aromatic rings. The lowest BCUT2D eigenvalue weighted by atomic mass is 9.88. The second-order valence-electron chi connectivity index (χ2n) is 6.09. The zero-order valence-electron chi connectivity index (χ0n) is 11.2. The van der Waals surface area contributed by atoms with Gasteiger partial charge in [-0.05, 0) is 31.1 Å². The van der Waals surface area contributed by atoms with Crippen LogP contribution in [0.4, 0.5) is 0 Å². The van der Waals surface area contributed by atoms with Crippen LogP contribution in [0.15, 0.2) is 42.5 Å². The van der Waals surface area contributed by atoms with Gasteiger partial charge in [0.1, 0.15) is 7.14 Å². The van der Waals surface area contributed by atoms with Gasteiger partial charge in [-0.3, -0.25) is 0 Å². The standard InChI is InChI=1S/C16H21OP/c1-11(2)14-9-16-12(3)15(14)10-18(16,17)13-7-5-4-6-8-13/h4-8,12,14-16H,1,9-10H2,2-3H3/t12-,14+,15+,16?,18?/m0/s1. The molecule has 2 fully saturated rings. The van der Waals surface area contributed by atoms with Gasteiger partial charge < -0.3 is 4.57 Å². The maximum Gasteiger partial charge on any atom is 0.119 e. The molecule has 5 atom stereocenters. The Labute approximate surface area is 110 Å². The van der Waals surface area contributed by atoms with E-state index < -0.39 is 7.14 Å². The van der Waals surface area contributed by atoms with E-state index in [1.807, 2.05) is 18.2 Å². The SMILES string of the molecule is C=C(C)[C@H]1CC2[C@@H](C)[C@H]1CP2(=O)c1ccccc1. The van der Waals surface area contributed by atoms with Gasteiger partial charge in [0.15, 0.2) is 0 Å². The highest BCUT2D eigenvalue weighted by molar-refractivity contribution is 7.72. The predicted octanol–water partition coefficient (Wildman–Crippen LogP) is 3.91. The van der Waals surface area contributed by atoms with Gasteiger partial charge in [0.25, 0.3) is 0 Å². The molecule has 96 valence electrons. The Balaban J connectivity index is 1.97. The van der Waals surface area contributed by atoms with Crippen molar-refractivity contribution >= 4 is 12.4 Å². The summed E-state index contributed by atoms with van der Waals surface area (Å²) < 4.78 is 13.4. The Morgan fingerprint density at radius 2 is 2.00 bits per heavy atom. The summed E-state index contributed by atoms with van der Waals surface area (Å²) >= 11 is 0. The van der Waals surface area contributed by atoms with Crippen LogP contribution in [-0.4, -0.2) is 11.8 Å². The summed E-state index contributed by atoms with van der Waals surface area (Å²) in [4.78, 5) is 0. The second-order valence-corrected chi connectivity index (χ2v) is 9.23. The summed E-state index contributed by atoms with van der Waals surface area (Å²) in [6.45, 7) is 8.54. The zero-order chi connectivity index (χ0) is 12.9. The number of hydrogen-bond acceptors (Lipinski definition) is 1. The van der Waals surface area contributed by atoms with E-state index in [0.29, 0.717) is 23.4 Å². The molecule has 1 aliphatic heterocycles. The molecule has 2 heteroatoms. The summed E-state index contributed by atoms with van der Waals surface area (Å²) in [5.41, 5.74) is 1.68. The van der Waals surface area contributed by atoms with Crippen molar-refractivity contribution in [3.05, 3.63) is 42.5 Å². The van der Waals surface area contributed by atoms with E-state index in [9.17, 15) is 4.57 Å². The lowest BCUT2D eigenvalue weighted by Crippen LogP contribution is -2.22. The summed E-state index contributed by atoms with van der Waals surface area (Å²) in [5.74, 6) is 1.80. The van der Waals surface area contributed by atoms with E-state index in [1.54, 1.807) is 0 Å². The first-order chi connectivity index (χ1) is 8.54. The van der Waals surface area contributed by atoms with E-state index in [0.717, 1.165) is 17.9 Å². The van der Waals surface area contributed by atoms with Crippen molar-refractivity contribution in [1.82, 2.24) is 0 Å². The van der Waals surface area contributed by atoms with Crippen LogP contribution in [0, 0.1) is 17.8 Å². The Morgan fingerprint density at radius 1 is 1.33 bits per heavy atom. The van der Waals surface area contributed by atoms with E-state index in [4.69, 9.17) is 0 Å². The number of benzene rings is 1. The summed E-state index contributed by atoms with van der Waals surface area (Å²) in [5, 5.41) is 1.10. The Kier molecular flexibility index (Phi) is 2.79. The van der Waals surface area contributed by atoms with Crippen LogP contribution in [0.3, 0.4) is 0 Å². The highest BCUT2D eigenvalue weighted by atomic mass is 31.2. The van der Waals surface area contributed by atoms with Crippen LogP contribution in [0.25, 0.3) is 0 Å². The van der Waals surface area contributed by atoms with Crippen LogP contribution < -0.4 is 5.30 Å². The van der Waals surface area contributed by atoms with E-state index in [-0.39, 0.29) is 0 Å². The van der Waals surface area contributed by atoms with Gasteiger partial charge in [0.2, 0.25) is 0 Å². The maximum atomic E-state index is 13.4. The fraction of sp³-hybridized carbons (Fsp3) is 0.500. The molecule has 2 bridgehead atoms. The molecule has 0 spiro atoms. The molecule has 0 radical (unpaired) electrons. The second kappa shape index (κ2) is 4.10. The minimum absolute atomic E-state index is 0.395. The lowest BCUT2D eigenvalue weighted by Gasteiger charge is -2.29. The molecule has 1 aromatic carbocycles. The number of hydrogen-bond donors (Lipinski definition) is 0. The summed E-state index contributed by atoms with van der Waals surface area (Å²) in [6, 6.07) is 10.2. The lowest BCUT2D eigenvalue weighted by molar-refractivity contribution is 0.413. The minimum atomic E-state index is -2.16. The first-order valence-corrected chi connectivity index (χ1v) is 8.80. The number of rotatable bonds is 2. The van der Waals surface area contributed by atoms with Gasteiger partial charge in [0.05, 0.1) is 0 Å². The Hall–Kier alpha value is -0.810. The molecular formula is C16H21OP. The molecule has 18 heavy (non-hydrogen) atoms. The van der Waals surface area contributed by atoms with Crippen LogP contribution in [0.2, 0.25) is 0 Å². The topological polar surface area (TPSA) is 17.1 Å². The molecule has 0 N–H and O–H groups in total. The van der Waals surface area contributed by atoms with E-state index in [2.05, 4.69) is 32.6 Å². The third-order valence-corrected chi connectivity index (χ3v) is 9.03. The van der Waals surface area contributed by atoms with E-state index >= 15 is 0 Å². The molecule has 0 aromatic heterocycles. The van der Waals surface area contributed by atoms with Gasteiger partial charge >= 0.3 is 0 Å². The molecule has 1 nitrogen and oxygen atoms in total. The first kappa shape index (κ1) is 12.2. The molecule has 3 rings (SSSR count). The normalized spacial score (nSPS) is 42.1. The highest BCUT2D eigenvalue weighted by Crippen LogP contribution is 2.69. The van der Waals surface area contributed by atoms with Crippen molar-refractivity contribution in [3.63, 3.8) is 0 Å². The highest BCUT2D eigenvalue weighted by Gasteiger charge is 2.57. The first-order valence-electron chi connectivity index (χ1n) is 6.84. The number of allylic oxidation sites excluding steroid dienone is 1. The van der Waals surface area contributed by atoms with Gasteiger partial charge in [-0.25, -0.2) is 0 Å². The molecular weight excluding hydrogens is 239 g/mol. The van der Waals surface area contributed by atoms with Gasteiger partial charge in [-0.15, -0.1) is 0 Å². The average molecular weight is 260 g/mol. The minimum Gasteiger partial charge on any atom is -0.318 e. The molecule has 2 aliphatic rings. The molecule has 1 heterocycles. The van der Waals surface area contributed by atoms with Gasteiger partial charge in [-0.2, -0.15) is 0 Å².